The molecule has 4 rings (SSSR count). The molecule has 0 fully saturated rings. The topological polar surface area (TPSA) is 53.4 Å². The minimum atomic E-state index is -0.783. The van der Waals surface area contributed by atoms with Crippen molar-refractivity contribution in [3.63, 3.8) is 0 Å². The van der Waals surface area contributed by atoms with Gasteiger partial charge in [-0.15, -0.1) is 0 Å². The number of allylic oxidation sites excluding steroid dienone is 1. The molecule has 3 aromatic carbocycles. The number of methoxy groups -OCH3 is 1. The summed E-state index contributed by atoms with van der Waals surface area (Å²) in [6, 6.07) is 15.7. The Hall–Kier alpha value is -4.26. The van der Waals surface area contributed by atoms with Crippen molar-refractivity contribution in [3.05, 3.63) is 114 Å². The molecule has 33 heavy (non-hydrogen) atoms. The van der Waals surface area contributed by atoms with Crippen LogP contribution in [0.5, 0.6) is 11.5 Å². The first-order valence-electron chi connectivity index (χ1n) is 10.1. The molecule has 0 aliphatic rings. The Balaban J connectivity index is 1.46. The lowest BCUT2D eigenvalue weighted by Crippen LogP contribution is -2.01. The van der Waals surface area contributed by atoms with Crippen LogP contribution in [0.25, 0.3) is 11.8 Å². The van der Waals surface area contributed by atoms with Crippen LogP contribution in [0, 0.1) is 11.6 Å². The molecule has 0 aliphatic carbocycles. The van der Waals surface area contributed by atoms with Crippen molar-refractivity contribution in [1.82, 2.24) is 9.55 Å². The van der Waals surface area contributed by atoms with Crippen LogP contribution in [0.4, 0.5) is 8.78 Å². The largest absolute Gasteiger partial charge is 0.496 e. The summed E-state index contributed by atoms with van der Waals surface area (Å²) in [6.45, 7) is 0.0110. The second kappa shape index (κ2) is 9.91. The van der Waals surface area contributed by atoms with E-state index >= 15 is 0 Å². The molecule has 0 amide bonds. The van der Waals surface area contributed by atoms with E-state index in [2.05, 4.69) is 4.98 Å². The Morgan fingerprint density at radius 3 is 2.52 bits per heavy atom. The predicted octanol–water partition coefficient (Wildman–Crippen LogP) is 5.63. The lowest BCUT2D eigenvalue weighted by molar-refractivity contribution is 0.104. The van der Waals surface area contributed by atoms with Gasteiger partial charge < -0.3 is 14.0 Å². The molecule has 7 heteroatoms. The number of hydrogen-bond acceptors (Lipinski definition) is 4. The van der Waals surface area contributed by atoms with Crippen LogP contribution < -0.4 is 9.47 Å². The molecule has 0 unspecified atom stereocenters. The van der Waals surface area contributed by atoms with Gasteiger partial charge in [-0.25, -0.2) is 13.8 Å². The maximum Gasteiger partial charge on any atom is 0.185 e. The number of ketones is 1. The van der Waals surface area contributed by atoms with Crippen LogP contribution in [0.15, 0.2) is 85.5 Å². The van der Waals surface area contributed by atoms with Gasteiger partial charge in [-0.2, -0.15) is 0 Å². The van der Waals surface area contributed by atoms with E-state index in [9.17, 15) is 13.6 Å². The average molecular weight is 446 g/mol. The van der Waals surface area contributed by atoms with Crippen LogP contribution in [0.3, 0.4) is 0 Å². The van der Waals surface area contributed by atoms with Gasteiger partial charge in [-0.1, -0.05) is 12.1 Å². The zero-order valence-electron chi connectivity index (χ0n) is 17.7. The maximum atomic E-state index is 13.8. The third-order valence-electron chi connectivity index (χ3n) is 4.96. The standard InChI is InChI=1S/C26H20F2N2O3/c1-32-25-10-3-18(14-20(25)16-33-26-11-6-21(27)15-23(26)28)2-9-24(31)19-4-7-22(8-5-19)30-13-12-29-17-30/h2-15,17H,16H2,1H3/b9-2+. The average Bonchev–Trinajstić information content (AvgIpc) is 3.37. The number of nitrogens with zero attached hydrogens (tertiary/aromatic N) is 2. The molecule has 5 nitrogen and oxygen atoms in total. The Bertz CT molecular complexity index is 1280. The number of imidazole rings is 1. The molecular weight excluding hydrogens is 426 g/mol. The molecule has 0 spiro atoms. The van der Waals surface area contributed by atoms with Crippen molar-refractivity contribution in [2.24, 2.45) is 0 Å². The Kier molecular flexibility index (Phi) is 6.59. The molecule has 4 aromatic rings. The smallest absolute Gasteiger partial charge is 0.185 e. The molecule has 1 aromatic heterocycles. The van der Waals surface area contributed by atoms with E-state index in [1.807, 2.05) is 22.9 Å². The fourth-order valence-electron chi connectivity index (χ4n) is 3.24. The van der Waals surface area contributed by atoms with Crippen molar-refractivity contribution in [1.29, 1.82) is 0 Å². The second-order valence-corrected chi connectivity index (χ2v) is 7.15. The number of carbonyl (C=O) groups excluding carboxylic acids is 1. The van der Waals surface area contributed by atoms with Crippen LogP contribution in [-0.2, 0) is 6.61 Å². The van der Waals surface area contributed by atoms with Crippen LogP contribution >= 0.6 is 0 Å². The van der Waals surface area contributed by atoms with Gasteiger partial charge in [-0.05, 0) is 60.2 Å². The number of ether oxygens (including phenoxy) is 2. The first kappa shape index (κ1) is 22.0. The highest BCUT2D eigenvalue weighted by Gasteiger charge is 2.09. The summed E-state index contributed by atoms with van der Waals surface area (Å²) >= 11 is 0. The summed E-state index contributed by atoms with van der Waals surface area (Å²) in [5.41, 5.74) is 2.86. The third-order valence-corrected chi connectivity index (χ3v) is 4.96. The monoisotopic (exact) mass is 446 g/mol. The zero-order chi connectivity index (χ0) is 23.2. The molecule has 166 valence electrons. The Morgan fingerprint density at radius 1 is 1.03 bits per heavy atom. The summed E-state index contributed by atoms with van der Waals surface area (Å²) in [4.78, 5) is 16.6. The van der Waals surface area contributed by atoms with Gasteiger partial charge in [0.25, 0.3) is 0 Å². The van der Waals surface area contributed by atoms with Crippen molar-refractivity contribution in [2.45, 2.75) is 6.61 Å². The van der Waals surface area contributed by atoms with Gasteiger partial charge in [0.2, 0.25) is 0 Å². The fraction of sp³-hybridized carbons (Fsp3) is 0.0769. The molecule has 0 bridgehead atoms. The molecule has 0 atom stereocenters. The zero-order valence-corrected chi connectivity index (χ0v) is 17.7. The van der Waals surface area contributed by atoms with Gasteiger partial charge in [0.1, 0.15) is 18.2 Å². The van der Waals surface area contributed by atoms with E-state index in [0.717, 1.165) is 23.4 Å². The number of halogens is 2. The van der Waals surface area contributed by atoms with Gasteiger partial charge in [0.15, 0.2) is 17.3 Å². The molecule has 0 N–H and O–H groups in total. The number of carbonyl (C=O) groups is 1. The van der Waals surface area contributed by atoms with E-state index in [0.29, 0.717) is 16.9 Å². The highest BCUT2D eigenvalue weighted by molar-refractivity contribution is 6.06. The molecule has 0 radical (unpaired) electrons. The summed E-state index contributed by atoms with van der Waals surface area (Å²) in [7, 11) is 1.52. The van der Waals surface area contributed by atoms with Gasteiger partial charge in [-0.3, -0.25) is 4.79 Å². The fourth-order valence-corrected chi connectivity index (χ4v) is 3.24. The van der Waals surface area contributed by atoms with Crippen molar-refractivity contribution in [3.8, 4) is 17.2 Å². The number of aromatic nitrogens is 2. The molecular formula is C26H20F2N2O3. The van der Waals surface area contributed by atoms with Crippen molar-refractivity contribution < 1.29 is 23.0 Å². The third kappa shape index (κ3) is 5.33. The Morgan fingerprint density at radius 2 is 1.82 bits per heavy atom. The molecule has 1 heterocycles. The Labute approximate surface area is 189 Å². The molecule has 0 aliphatic heterocycles. The lowest BCUT2D eigenvalue weighted by atomic mass is 10.1. The summed E-state index contributed by atoms with van der Waals surface area (Å²) in [6.07, 6.45) is 8.37. The summed E-state index contributed by atoms with van der Waals surface area (Å²) in [5.74, 6) is -1.11. The van der Waals surface area contributed by atoms with Gasteiger partial charge in [0.05, 0.1) is 13.4 Å². The van der Waals surface area contributed by atoms with E-state index in [1.165, 1.54) is 19.3 Å². The highest BCUT2D eigenvalue weighted by atomic mass is 19.1. The van der Waals surface area contributed by atoms with E-state index in [4.69, 9.17) is 9.47 Å². The molecule has 0 saturated carbocycles. The molecule has 0 saturated heterocycles. The van der Waals surface area contributed by atoms with Gasteiger partial charge >= 0.3 is 0 Å². The number of rotatable bonds is 8. The van der Waals surface area contributed by atoms with Crippen molar-refractivity contribution in [2.75, 3.05) is 7.11 Å². The summed E-state index contributed by atoms with van der Waals surface area (Å²) < 4.78 is 39.6. The first-order chi connectivity index (χ1) is 16.0. The van der Waals surface area contributed by atoms with Crippen molar-refractivity contribution >= 4 is 11.9 Å². The summed E-state index contributed by atoms with van der Waals surface area (Å²) in [5, 5.41) is 0. The van der Waals surface area contributed by atoms with E-state index in [1.54, 1.807) is 48.9 Å². The normalized spacial score (nSPS) is 11.0. The predicted molar refractivity (Wildman–Crippen MR) is 121 cm³/mol. The van der Waals surface area contributed by atoms with Crippen LogP contribution in [-0.4, -0.2) is 22.4 Å². The second-order valence-electron chi connectivity index (χ2n) is 7.15. The van der Waals surface area contributed by atoms with Gasteiger partial charge in [0, 0.05) is 35.3 Å². The highest BCUT2D eigenvalue weighted by Crippen LogP contribution is 2.25. The number of benzene rings is 3. The van der Waals surface area contributed by atoms with E-state index < -0.39 is 11.6 Å². The lowest BCUT2D eigenvalue weighted by Gasteiger charge is -2.12. The quantitative estimate of drug-likeness (QED) is 0.260. The minimum absolute atomic E-state index is 0.0110. The van der Waals surface area contributed by atoms with Crippen LogP contribution in [0.1, 0.15) is 21.5 Å². The number of hydrogen-bond donors (Lipinski definition) is 0. The van der Waals surface area contributed by atoms with Crippen LogP contribution in [0.2, 0.25) is 0 Å². The first-order valence-corrected chi connectivity index (χ1v) is 10.1. The minimum Gasteiger partial charge on any atom is -0.496 e. The SMILES string of the molecule is COc1ccc(/C=C/C(=O)c2ccc(-n3ccnc3)cc2)cc1COc1ccc(F)cc1F. The van der Waals surface area contributed by atoms with E-state index in [-0.39, 0.29) is 18.1 Å². The maximum absolute atomic E-state index is 13.8.